The minimum absolute atomic E-state index is 0.0236. The summed E-state index contributed by atoms with van der Waals surface area (Å²) in [5.41, 5.74) is 5.31. The molecule has 1 aliphatic rings. The maximum atomic E-state index is 12.0. The molecule has 0 unspecified atom stereocenters. The Labute approximate surface area is 803 Å². The molecule has 17 N–H and O–H groups in total. The molecule has 46 heteroatoms. The monoisotopic (exact) mass is 1990 g/mol. The zero-order chi connectivity index (χ0) is 96.6. The van der Waals surface area contributed by atoms with Gasteiger partial charge in [-0.25, -0.2) is 9.59 Å². The summed E-state index contributed by atoms with van der Waals surface area (Å²) >= 11 is 39.8. The van der Waals surface area contributed by atoms with Crippen molar-refractivity contribution in [3.8, 4) is 34.5 Å². The van der Waals surface area contributed by atoms with E-state index in [4.69, 9.17) is 190 Å². The number of hydrogen-bond acceptors (Lipinski definition) is 35. The number of carbonyl (C=O) groups excluding carboxylic acids is 4. The van der Waals surface area contributed by atoms with Gasteiger partial charge in [0, 0.05) is 116 Å². The summed E-state index contributed by atoms with van der Waals surface area (Å²) in [5.74, 6) is 3.18. The number of aromatic nitrogens is 7. The second-order valence-corrected chi connectivity index (χ2v) is 31.0. The fourth-order valence-electron chi connectivity index (χ4n) is 10.6. The van der Waals surface area contributed by atoms with Gasteiger partial charge in [0.2, 0.25) is 5.91 Å². The molecule has 0 atom stereocenters. The second kappa shape index (κ2) is 75.3. The van der Waals surface area contributed by atoms with Crippen LogP contribution in [0.1, 0.15) is 158 Å². The highest BCUT2D eigenvalue weighted by atomic mass is 32.1. The van der Waals surface area contributed by atoms with Crippen LogP contribution in [0.25, 0.3) is 0 Å². The Balaban J connectivity index is 0.000000523. The molecular formula is C85H129N11O27S8. The predicted octanol–water partition coefficient (Wildman–Crippen LogP) is 10.1. The normalized spacial score (nSPS) is 12.1. The summed E-state index contributed by atoms with van der Waals surface area (Å²) in [6, 6.07) is 23.7. The summed E-state index contributed by atoms with van der Waals surface area (Å²) < 4.78 is 42.8. The number of unbranched alkanes of at least 4 members (excludes halogenated alkanes) is 10. The van der Waals surface area contributed by atoms with Gasteiger partial charge in [0.1, 0.15) is 19.8 Å². The van der Waals surface area contributed by atoms with Gasteiger partial charge in [-0.2, -0.15) is 45.7 Å². The lowest BCUT2D eigenvalue weighted by molar-refractivity contribution is -0.118. The maximum absolute atomic E-state index is 12.0. The van der Waals surface area contributed by atoms with E-state index >= 15 is 0 Å². The molecule has 0 bridgehead atoms. The van der Waals surface area contributed by atoms with Crippen LogP contribution in [-0.2, 0) is 4.79 Å². The lowest BCUT2D eigenvalue weighted by atomic mass is 9.95. The topological polar surface area (TPSA) is 511 Å². The van der Waals surface area contributed by atoms with Crippen LogP contribution in [-0.4, -0.2) is 279 Å². The van der Waals surface area contributed by atoms with E-state index in [1.54, 1.807) is 77.8 Å². The van der Waals surface area contributed by atoms with Crippen molar-refractivity contribution in [3.05, 3.63) is 166 Å². The molecule has 4 amide bonds. The molecule has 1 saturated carbocycles. The minimum Gasteiger partial charge on any atom is -0.490 e. The van der Waals surface area contributed by atoms with Gasteiger partial charge in [0.25, 0.3) is 5.91 Å². The number of carbonyl (C=O) groups is 4. The third kappa shape index (κ3) is 52.2. The molecule has 0 spiro atoms. The van der Waals surface area contributed by atoms with Crippen molar-refractivity contribution in [2.75, 3.05) is 138 Å². The third-order valence-electron chi connectivity index (χ3n) is 17.4. The van der Waals surface area contributed by atoms with Crippen LogP contribution in [0, 0.1) is 32.5 Å². The number of ether oxygens (including phenoxy) is 6. The number of aliphatic hydroxyl groups is 10. The van der Waals surface area contributed by atoms with Crippen LogP contribution in [0.15, 0.2) is 128 Å². The Bertz CT molecular complexity index is 4730. The van der Waals surface area contributed by atoms with Crippen molar-refractivity contribution >= 4 is 122 Å². The molecular weight excluding hydrogens is 1860 g/mol. The van der Waals surface area contributed by atoms with Crippen LogP contribution in [0.3, 0.4) is 0 Å². The van der Waals surface area contributed by atoms with Crippen molar-refractivity contribution in [1.82, 2.24) is 48.6 Å². The Morgan fingerprint density at radius 2 is 0.740 bits per heavy atom. The number of aliphatic hydroxyl groups excluding tert-OH is 10. The smallest absolute Gasteiger partial charge is 0.434 e. The first kappa shape index (κ1) is 118. The van der Waals surface area contributed by atoms with Gasteiger partial charge >= 0.3 is 12.2 Å². The second-order valence-electron chi connectivity index (χ2n) is 27.8. The number of rotatable bonds is 53. The zero-order valence-electron chi connectivity index (χ0n) is 73.4. The number of thiol groups is 1. The van der Waals surface area contributed by atoms with E-state index < -0.39 is 12.2 Å². The van der Waals surface area contributed by atoms with Gasteiger partial charge in [-0.1, -0.05) is 98.4 Å². The van der Waals surface area contributed by atoms with Crippen LogP contribution < -0.4 is 64.1 Å². The molecule has 8 rings (SSSR count). The molecule has 1 aliphatic carbocycles. The number of nitrogens with zero attached hydrogens (tertiary/aromatic N) is 8. The fourth-order valence-corrected chi connectivity index (χ4v) is 12.3. The molecule has 7 aromatic heterocycles. The average molecular weight is 1990 g/mol. The Morgan fingerprint density at radius 3 is 1.19 bits per heavy atom. The Hall–Kier alpha value is -9.18. The Kier molecular flexibility index (Phi) is 67.7. The standard InChI is InChI=1S/C17H27NO4S.C15H24N2O4S.C14H22N2O6S.C14H22N2O5S.C9H12N2O3S.C9H13NO2S2.C7H9NO3S/c19-12-3-1-2-4-13-21-18-11-5-6-16(17(18)23)22-15-9-7-14(20)8-10-15;16-14(19)8-6-11-20-13-7-5-9-17(15(13)22)21-12-4-2-1-3-10-18;17-8-1-2-11-21-12-4-3-5-16(13(12)23)22-14(20)15(6-9-18)7-10-19;17-9-2-1-7-15-14(19)21-16-8-5-6-12(13(16)22)20-11-4-3-10-18;12-6-2-4-10-8(13)7-3-1-5-11(14)9(7)15;11-10-5-3-4-8(9(10)14)12-6-1-2-7-13;9-4-5-11-6-2-1-3-8(10)7(6)12/h5-6,11,14-15,19-20H,1-4,7-10,12-13H2;5,7,9,18H,1-4,6,8,10-12H2,(H2,16,19);3-5,17-19H,1-2,6-11H2;5-6,8,17-18H,1-4,7,9-11H2,(H,15,19);1,3,5,12,14H,2,4,6H2,(H,10,13);3-5,11,13H,1-2,6-7H2;1-3,9-10H,4-5H2. The van der Waals surface area contributed by atoms with Gasteiger partial charge in [0.05, 0.1) is 64.0 Å². The van der Waals surface area contributed by atoms with Crippen molar-refractivity contribution < 1.29 is 134 Å². The third-order valence-corrected chi connectivity index (χ3v) is 20.4. The zero-order valence-corrected chi connectivity index (χ0v) is 80.0. The molecule has 734 valence electrons. The highest BCUT2D eigenvalue weighted by molar-refractivity contribution is 7.80. The molecule has 0 aromatic carbocycles. The molecule has 7 aromatic rings. The lowest BCUT2D eigenvalue weighted by Gasteiger charge is -2.26. The van der Waals surface area contributed by atoms with Gasteiger partial charge < -0.3 is 136 Å². The molecule has 7 heterocycles. The molecule has 0 radical (unpaired) electrons. The highest BCUT2D eigenvalue weighted by Gasteiger charge is 2.22. The quantitative estimate of drug-likeness (QED) is 0.00729. The van der Waals surface area contributed by atoms with Crippen molar-refractivity contribution in [3.63, 3.8) is 0 Å². The van der Waals surface area contributed by atoms with Crippen molar-refractivity contribution in [2.45, 2.75) is 160 Å². The number of amides is 4. The van der Waals surface area contributed by atoms with E-state index in [9.17, 15) is 34.7 Å². The fraction of sp³-hybridized carbons (Fsp3) is 0.541. The lowest BCUT2D eigenvalue weighted by Crippen LogP contribution is -2.40. The summed E-state index contributed by atoms with van der Waals surface area (Å²) in [7, 11) is 0. The number of pyridine rings is 7. The van der Waals surface area contributed by atoms with Crippen molar-refractivity contribution in [1.29, 1.82) is 0 Å². The van der Waals surface area contributed by atoms with Gasteiger partial charge in [-0.05, 0) is 219 Å². The SMILES string of the molecule is NC(=O)CCCOc1cccn(OCCCCCCO)c1=S.O=C(NCCCCO)On1cccc(OCCCCO)c1=S.O=C(NCCCO)c1cccn(O)c1=S.O=C(On1cccc(OCCCCO)c1=S)N(CCO)CCO.OCCCCCCOn1cccc(OC2CCC(O)CC2)c1=S.OCCOc1cccn(O)c1=S.On1cccc(OCCCCS)c1=S. The molecule has 0 aliphatic heterocycles. The van der Waals surface area contributed by atoms with E-state index in [1.165, 1.54) is 47.8 Å². The first-order valence-corrected chi connectivity index (χ1v) is 46.3. The number of primary amides is 1. The number of nitrogens with two attached hydrogens (primary N) is 1. The highest BCUT2D eigenvalue weighted by Crippen LogP contribution is 2.25. The number of nitrogens with one attached hydrogen (secondary N) is 2. The first-order chi connectivity index (χ1) is 63.3. The number of hydrogen-bond donors (Lipinski definition) is 17. The molecule has 38 nitrogen and oxygen atoms in total. The summed E-state index contributed by atoms with van der Waals surface area (Å²) in [4.78, 5) is 68.4. The minimum atomic E-state index is -0.735. The van der Waals surface area contributed by atoms with Crippen molar-refractivity contribution in [2.24, 2.45) is 5.73 Å². The largest absolute Gasteiger partial charge is 0.490 e. The summed E-state index contributed by atoms with van der Waals surface area (Å²) in [5, 5.41) is 121. The Morgan fingerprint density at radius 1 is 0.382 bits per heavy atom. The van der Waals surface area contributed by atoms with E-state index in [-0.39, 0.29) is 127 Å². The average Bonchev–Trinajstić information content (AvgIpc) is 0.946. The maximum Gasteiger partial charge on any atom is 0.434 e. The molecule has 0 saturated heterocycles. The van der Waals surface area contributed by atoms with E-state index in [1.807, 2.05) is 12.1 Å². The molecule has 131 heavy (non-hydrogen) atoms. The van der Waals surface area contributed by atoms with Gasteiger partial charge in [0.15, 0.2) is 67.0 Å². The van der Waals surface area contributed by atoms with Crippen LogP contribution in [0.2, 0.25) is 0 Å². The first-order valence-electron chi connectivity index (χ1n) is 42.8. The summed E-state index contributed by atoms with van der Waals surface area (Å²) in [6.07, 6.45) is 27.5. The van der Waals surface area contributed by atoms with E-state index in [0.717, 1.165) is 124 Å². The molecule has 1 fully saturated rings. The van der Waals surface area contributed by atoms with Gasteiger partial charge in [-0.3, -0.25) is 9.59 Å². The van der Waals surface area contributed by atoms with Crippen LogP contribution in [0.4, 0.5) is 9.59 Å². The van der Waals surface area contributed by atoms with E-state index in [2.05, 4.69) is 23.3 Å². The summed E-state index contributed by atoms with van der Waals surface area (Å²) in [6.45, 7) is 4.31. The van der Waals surface area contributed by atoms with Gasteiger partial charge in [-0.15, -0.1) is 0 Å². The predicted molar refractivity (Wildman–Crippen MR) is 508 cm³/mol. The van der Waals surface area contributed by atoms with E-state index in [0.29, 0.717) is 159 Å². The van der Waals surface area contributed by atoms with Crippen LogP contribution >= 0.6 is 98.2 Å². The van der Waals surface area contributed by atoms with Crippen LogP contribution in [0.5, 0.6) is 34.5 Å².